The quantitative estimate of drug-likeness (QED) is 0.449. The van der Waals surface area contributed by atoms with Crippen molar-refractivity contribution in [3.05, 3.63) is 59.3 Å². The third-order valence-corrected chi connectivity index (χ3v) is 5.72. The number of carbonyl (C=O) groups excluding carboxylic acids is 1. The van der Waals surface area contributed by atoms with Crippen molar-refractivity contribution >= 4 is 5.91 Å². The number of aromatic nitrogens is 2. The molecule has 1 atom stereocenters. The summed E-state index contributed by atoms with van der Waals surface area (Å²) in [4.78, 5) is 15.2. The minimum absolute atomic E-state index is 0.108. The van der Waals surface area contributed by atoms with Gasteiger partial charge in [0.05, 0.1) is 19.8 Å². The lowest BCUT2D eigenvalue weighted by atomic mass is 9.95. The molecular formula is C25H29N3O5. The Bertz CT molecular complexity index is 1130. The van der Waals surface area contributed by atoms with E-state index < -0.39 is 6.04 Å². The van der Waals surface area contributed by atoms with Gasteiger partial charge in [-0.2, -0.15) is 5.10 Å². The Kier molecular flexibility index (Phi) is 6.84. The molecule has 4 rings (SSSR count). The molecule has 0 saturated heterocycles. The van der Waals surface area contributed by atoms with Crippen LogP contribution in [0.4, 0.5) is 0 Å². The maximum absolute atomic E-state index is 13.4. The number of H-pyrrole nitrogens is 1. The Morgan fingerprint density at radius 1 is 1.12 bits per heavy atom. The van der Waals surface area contributed by atoms with Crippen molar-refractivity contribution in [1.29, 1.82) is 0 Å². The summed E-state index contributed by atoms with van der Waals surface area (Å²) >= 11 is 0. The Labute approximate surface area is 193 Å². The molecule has 0 aliphatic carbocycles. The van der Waals surface area contributed by atoms with E-state index in [1.165, 1.54) is 0 Å². The van der Waals surface area contributed by atoms with Gasteiger partial charge in [0.2, 0.25) is 0 Å². The molecule has 1 aliphatic heterocycles. The van der Waals surface area contributed by atoms with Crippen molar-refractivity contribution in [3.8, 4) is 28.5 Å². The van der Waals surface area contributed by atoms with Crippen LogP contribution in [0.2, 0.25) is 0 Å². The second kappa shape index (κ2) is 9.95. The van der Waals surface area contributed by atoms with Crippen LogP contribution in [0.25, 0.3) is 11.3 Å². The highest BCUT2D eigenvalue weighted by Gasteiger charge is 2.42. The van der Waals surface area contributed by atoms with Crippen LogP contribution in [0.1, 0.15) is 47.9 Å². The van der Waals surface area contributed by atoms with Crippen molar-refractivity contribution in [1.82, 2.24) is 15.1 Å². The van der Waals surface area contributed by atoms with E-state index in [1.54, 1.807) is 25.3 Å². The molecule has 2 heterocycles. The number of para-hydroxylation sites is 1. The van der Waals surface area contributed by atoms with Crippen molar-refractivity contribution in [2.24, 2.45) is 0 Å². The first-order valence-corrected chi connectivity index (χ1v) is 11.2. The molecule has 3 aromatic rings. The van der Waals surface area contributed by atoms with Gasteiger partial charge in [-0.05, 0) is 50.1 Å². The summed E-state index contributed by atoms with van der Waals surface area (Å²) in [5, 5.41) is 17.8. The zero-order chi connectivity index (χ0) is 23.4. The van der Waals surface area contributed by atoms with Crippen LogP contribution in [-0.2, 0) is 4.74 Å². The van der Waals surface area contributed by atoms with Crippen LogP contribution in [0.3, 0.4) is 0 Å². The average molecular weight is 452 g/mol. The highest BCUT2D eigenvalue weighted by molar-refractivity contribution is 6.00. The number of phenols is 1. The summed E-state index contributed by atoms with van der Waals surface area (Å²) in [7, 11) is 1.60. The van der Waals surface area contributed by atoms with Crippen LogP contribution in [0.15, 0.2) is 42.5 Å². The molecule has 174 valence electrons. The predicted molar refractivity (Wildman–Crippen MR) is 124 cm³/mol. The first-order valence-electron chi connectivity index (χ1n) is 11.2. The second-order valence-corrected chi connectivity index (χ2v) is 7.67. The number of nitrogens with one attached hydrogen (secondary N) is 1. The lowest BCUT2D eigenvalue weighted by Crippen LogP contribution is -2.31. The Hall–Kier alpha value is -3.52. The van der Waals surface area contributed by atoms with Gasteiger partial charge in [0.25, 0.3) is 5.91 Å². The summed E-state index contributed by atoms with van der Waals surface area (Å²) in [6.45, 7) is 6.10. The molecule has 1 amide bonds. The van der Waals surface area contributed by atoms with Gasteiger partial charge in [-0.1, -0.05) is 18.2 Å². The number of carbonyl (C=O) groups is 1. The van der Waals surface area contributed by atoms with Crippen molar-refractivity contribution in [2.45, 2.75) is 26.3 Å². The lowest BCUT2D eigenvalue weighted by Gasteiger charge is -2.27. The minimum Gasteiger partial charge on any atom is -0.507 e. The standard InChI is InChI=1S/C25H29N3O5/c1-4-32-14-8-13-28-24(16-11-12-19(33-5-2)20(15-16)31-3)21-22(26-27-23(21)25(28)30)17-9-6-7-10-18(17)29/h6-7,9-12,15,24,29H,4-5,8,13-14H2,1-3H3,(H,26,27). The van der Waals surface area contributed by atoms with Crippen LogP contribution in [0.5, 0.6) is 17.2 Å². The van der Waals surface area contributed by atoms with Gasteiger partial charge in [0, 0.05) is 30.9 Å². The smallest absolute Gasteiger partial charge is 0.273 e. The summed E-state index contributed by atoms with van der Waals surface area (Å²) in [6, 6.07) is 12.3. The fraction of sp³-hybridized carbons (Fsp3) is 0.360. The van der Waals surface area contributed by atoms with E-state index in [0.29, 0.717) is 61.2 Å². The van der Waals surface area contributed by atoms with E-state index in [9.17, 15) is 9.90 Å². The molecule has 0 bridgehead atoms. The third kappa shape index (κ3) is 4.26. The summed E-state index contributed by atoms with van der Waals surface area (Å²) in [6.07, 6.45) is 0.702. The molecule has 8 nitrogen and oxygen atoms in total. The summed E-state index contributed by atoms with van der Waals surface area (Å²) < 4.78 is 16.7. The third-order valence-electron chi connectivity index (χ3n) is 5.72. The summed E-state index contributed by atoms with van der Waals surface area (Å²) in [5.74, 6) is 1.21. The van der Waals surface area contributed by atoms with Crippen molar-refractivity contribution in [2.75, 3.05) is 33.5 Å². The predicted octanol–water partition coefficient (Wildman–Crippen LogP) is 4.16. The maximum atomic E-state index is 13.4. The van der Waals surface area contributed by atoms with Crippen LogP contribution in [0, 0.1) is 0 Å². The number of aromatic amines is 1. The van der Waals surface area contributed by atoms with Gasteiger partial charge in [-0.25, -0.2) is 0 Å². The topological polar surface area (TPSA) is 96.9 Å². The van der Waals surface area contributed by atoms with Gasteiger partial charge >= 0.3 is 0 Å². The first kappa shape index (κ1) is 22.7. The number of phenolic OH excluding ortho intramolecular Hbond substituents is 1. The zero-order valence-corrected chi connectivity index (χ0v) is 19.1. The molecule has 1 aliphatic rings. The fourth-order valence-corrected chi connectivity index (χ4v) is 4.26. The van der Waals surface area contributed by atoms with Crippen molar-refractivity contribution in [3.63, 3.8) is 0 Å². The normalized spacial score (nSPS) is 15.1. The SMILES string of the molecule is CCOCCCN1C(=O)c2[nH]nc(-c3ccccc3O)c2C1c1ccc(OCC)c(OC)c1. The average Bonchev–Trinajstić information content (AvgIpc) is 3.36. The maximum Gasteiger partial charge on any atom is 0.273 e. The molecule has 1 aromatic heterocycles. The van der Waals surface area contributed by atoms with Gasteiger partial charge in [-0.3, -0.25) is 9.89 Å². The fourth-order valence-electron chi connectivity index (χ4n) is 4.26. The van der Waals surface area contributed by atoms with E-state index in [2.05, 4.69) is 10.2 Å². The van der Waals surface area contributed by atoms with Crippen LogP contribution < -0.4 is 9.47 Å². The largest absolute Gasteiger partial charge is 0.507 e. The number of aromatic hydroxyl groups is 1. The zero-order valence-electron chi connectivity index (χ0n) is 19.1. The van der Waals surface area contributed by atoms with E-state index in [4.69, 9.17) is 14.2 Å². The molecule has 2 aromatic carbocycles. The van der Waals surface area contributed by atoms with Gasteiger partial charge in [0.1, 0.15) is 17.1 Å². The van der Waals surface area contributed by atoms with Crippen LogP contribution in [-0.4, -0.2) is 59.6 Å². The van der Waals surface area contributed by atoms with Crippen molar-refractivity contribution < 1.29 is 24.1 Å². The monoisotopic (exact) mass is 451 g/mol. The highest BCUT2D eigenvalue weighted by atomic mass is 16.5. The molecule has 0 spiro atoms. The Morgan fingerprint density at radius 2 is 1.94 bits per heavy atom. The number of fused-ring (bicyclic) bond motifs is 1. The Balaban J connectivity index is 1.81. The number of benzene rings is 2. The Morgan fingerprint density at radius 3 is 2.67 bits per heavy atom. The molecule has 0 radical (unpaired) electrons. The molecule has 8 heteroatoms. The van der Waals surface area contributed by atoms with Gasteiger partial charge in [-0.15, -0.1) is 0 Å². The number of hydrogen-bond acceptors (Lipinski definition) is 6. The molecule has 2 N–H and O–H groups in total. The number of methoxy groups -OCH3 is 1. The number of rotatable bonds is 10. The molecule has 33 heavy (non-hydrogen) atoms. The molecule has 0 saturated carbocycles. The highest BCUT2D eigenvalue weighted by Crippen LogP contribution is 2.45. The molecule has 1 unspecified atom stereocenters. The number of ether oxygens (including phenoxy) is 3. The number of hydrogen-bond donors (Lipinski definition) is 2. The van der Waals surface area contributed by atoms with E-state index >= 15 is 0 Å². The minimum atomic E-state index is -0.396. The van der Waals surface area contributed by atoms with Crippen LogP contribution >= 0.6 is 0 Å². The van der Waals surface area contributed by atoms with E-state index in [-0.39, 0.29) is 11.7 Å². The number of amides is 1. The number of nitrogens with zero attached hydrogens (tertiary/aromatic N) is 2. The summed E-state index contributed by atoms with van der Waals surface area (Å²) in [5.41, 5.74) is 3.17. The van der Waals surface area contributed by atoms with E-state index in [0.717, 1.165) is 11.1 Å². The first-order chi connectivity index (χ1) is 16.1. The van der Waals surface area contributed by atoms with Gasteiger partial charge in [0.15, 0.2) is 11.5 Å². The second-order valence-electron chi connectivity index (χ2n) is 7.67. The van der Waals surface area contributed by atoms with Gasteiger partial charge < -0.3 is 24.2 Å². The lowest BCUT2D eigenvalue weighted by molar-refractivity contribution is 0.0710. The van der Waals surface area contributed by atoms with E-state index in [1.807, 2.05) is 43.0 Å². The molecule has 0 fully saturated rings. The molecular weight excluding hydrogens is 422 g/mol.